The Morgan fingerprint density at radius 3 is 2.65 bits per heavy atom. The van der Waals surface area contributed by atoms with Crippen molar-refractivity contribution in [3.63, 3.8) is 0 Å². The lowest BCUT2D eigenvalue weighted by Gasteiger charge is -2.22. The van der Waals surface area contributed by atoms with Crippen LogP contribution in [0.1, 0.15) is 19.4 Å². The van der Waals surface area contributed by atoms with Crippen molar-refractivity contribution in [3.05, 3.63) is 59.2 Å². The minimum atomic E-state index is -1.03. The Morgan fingerprint density at radius 2 is 2.00 bits per heavy atom. The van der Waals surface area contributed by atoms with Gasteiger partial charge in [-0.3, -0.25) is 0 Å². The second-order valence-electron chi connectivity index (χ2n) is 5.92. The third kappa shape index (κ3) is 6.54. The van der Waals surface area contributed by atoms with Crippen LogP contribution in [0.5, 0.6) is 5.88 Å². The van der Waals surface area contributed by atoms with E-state index in [-0.39, 0.29) is 6.54 Å². The van der Waals surface area contributed by atoms with Crippen LogP contribution in [-0.4, -0.2) is 42.3 Å². The second-order valence-corrected chi connectivity index (χ2v) is 6.36. The third-order valence-electron chi connectivity index (χ3n) is 3.63. The summed E-state index contributed by atoms with van der Waals surface area (Å²) in [6.07, 6.45) is 1.54. The van der Waals surface area contributed by atoms with Gasteiger partial charge < -0.3 is 20.5 Å². The number of aliphatic hydroxyl groups is 1. The quantitative estimate of drug-likeness (QED) is 0.375. The van der Waals surface area contributed by atoms with Crippen LogP contribution in [0, 0.1) is 0 Å². The van der Waals surface area contributed by atoms with Crippen LogP contribution >= 0.6 is 11.6 Å². The fourth-order valence-corrected chi connectivity index (χ4v) is 2.35. The number of nitrogens with one attached hydrogen (secondary N) is 2. The van der Waals surface area contributed by atoms with E-state index in [1.807, 2.05) is 37.3 Å². The SMILES string of the molecule is CCNC(=NCC(C)(O)c1ccccc1)NCCOc1ccc(Cl)cn1. The Bertz CT molecular complexity index is 690. The molecule has 0 amide bonds. The predicted octanol–water partition coefficient (Wildman–Crippen LogP) is 2.58. The minimum Gasteiger partial charge on any atom is -0.476 e. The summed E-state index contributed by atoms with van der Waals surface area (Å²) in [7, 11) is 0. The number of hydrogen-bond donors (Lipinski definition) is 3. The van der Waals surface area contributed by atoms with Crippen molar-refractivity contribution in [2.75, 3.05) is 26.2 Å². The number of hydrogen-bond acceptors (Lipinski definition) is 4. The molecular weight excluding hydrogens is 352 g/mol. The molecule has 3 N–H and O–H groups in total. The zero-order valence-electron chi connectivity index (χ0n) is 15.1. The van der Waals surface area contributed by atoms with Crippen LogP contribution in [0.4, 0.5) is 0 Å². The van der Waals surface area contributed by atoms with Crippen molar-refractivity contribution in [1.29, 1.82) is 0 Å². The van der Waals surface area contributed by atoms with Crippen molar-refractivity contribution in [3.8, 4) is 5.88 Å². The smallest absolute Gasteiger partial charge is 0.213 e. The number of pyridine rings is 1. The number of guanidine groups is 1. The Kier molecular flexibility index (Phi) is 7.69. The molecule has 1 unspecified atom stereocenters. The number of ether oxygens (including phenoxy) is 1. The van der Waals surface area contributed by atoms with Crippen molar-refractivity contribution in [2.45, 2.75) is 19.4 Å². The Labute approximate surface area is 159 Å². The highest BCUT2D eigenvalue weighted by molar-refractivity contribution is 6.30. The molecule has 0 fully saturated rings. The van der Waals surface area contributed by atoms with Gasteiger partial charge in [0.1, 0.15) is 12.2 Å². The van der Waals surface area contributed by atoms with Gasteiger partial charge in [-0.05, 0) is 25.5 Å². The molecule has 26 heavy (non-hydrogen) atoms. The molecule has 0 bridgehead atoms. The normalized spacial score (nSPS) is 13.8. The molecule has 1 atom stereocenters. The van der Waals surface area contributed by atoms with Crippen LogP contribution in [0.15, 0.2) is 53.7 Å². The van der Waals surface area contributed by atoms with E-state index >= 15 is 0 Å². The first kappa shape index (κ1) is 20.0. The van der Waals surface area contributed by atoms with E-state index in [4.69, 9.17) is 16.3 Å². The van der Waals surface area contributed by atoms with Gasteiger partial charge in [0.15, 0.2) is 5.96 Å². The number of benzene rings is 1. The summed E-state index contributed by atoms with van der Waals surface area (Å²) >= 11 is 5.79. The molecule has 140 valence electrons. The molecule has 6 nitrogen and oxygen atoms in total. The van der Waals surface area contributed by atoms with E-state index in [2.05, 4.69) is 20.6 Å². The molecule has 1 heterocycles. The highest BCUT2D eigenvalue weighted by atomic mass is 35.5. The molecule has 0 aliphatic carbocycles. The molecule has 0 spiro atoms. The molecule has 0 aliphatic heterocycles. The minimum absolute atomic E-state index is 0.242. The van der Waals surface area contributed by atoms with Gasteiger partial charge in [-0.1, -0.05) is 41.9 Å². The molecule has 1 aromatic heterocycles. The van der Waals surface area contributed by atoms with Gasteiger partial charge in [0.05, 0.1) is 18.1 Å². The second kappa shape index (κ2) is 9.99. The predicted molar refractivity (Wildman–Crippen MR) is 105 cm³/mol. The number of rotatable bonds is 8. The monoisotopic (exact) mass is 376 g/mol. The number of aliphatic imine (C=N–C) groups is 1. The molecule has 7 heteroatoms. The van der Waals surface area contributed by atoms with E-state index in [0.29, 0.717) is 30.0 Å². The van der Waals surface area contributed by atoms with Crippen LogP contribution < -0.4 is 15.4 Å². The fourth-order valence-electron chi connectivity index (χ4n) is 2.24. The van der Waals surface area contributed by atoms with Crippen LogP contribution in [-0.2, 0) is 5.60 Å². The summed E-state index contributed by atoms with van der Waals surface area (Å²) in [5.74, 6) is 1.14. The van der Waals surface area contributed by atoms with Gasteiger partial charge in [0.25, 0.3) is 0 Å². The van der Waals surface area contributed by atoms with Crippen molar-refractivity contribution < 1.29 is 9.84 Å². The zero-order chi connectivity index (χ0) is 18.8. The van der Waals surface area contributed by atoms with Gasteiger partial charge >= 0.3 is 0 Å². The molecule has 0 saturated heterocycles. The molecule has 0 aliphatic rings. The van der Waals surface area contributed by atoms with Crippen LogP contribution in [0.3, 0.4) is 0 Å². The van der Waals surface area contributed by atoms with Gasteiger partial charge in [-0.15, -0.1) is 0 Å². The maximum atomic E-state index is 10.6. The van der Waals surface area contributed by atoms with E-state index < -0.39 is 5.60 Å². The first-order valence-corrected chi connectivity index (χ1v) is 8.93. The average molecular weight is 377 g/mol. The average Bonchev–Trinajstić information content (AvgIpc) is 2.65. The summed E-state index contributed by atoms with van der Waals surface area (Å²) in [6.45, 7) is 5.67. The van der Waals surface area contributed by atoms with Gasteiger partial charge in [0.2, 0.25) is 5.88 Å². The maximum absolute atomic E-state index is 10.6. The van der Waals surface area contributed by atoms with Crippen molar-refractivity contribution >= 4 is 17.6 Å². The Balaban J connectivity index is 1.85. The number of aromatic nitrogens is 1. The standard InChI is InChI=1S/C19H25ClN4O2/c1-3-21-18(22-11-12-26-17-10-9-16(20)13-23-17)24-14-19(2,25)15-7-5-4-6-8-15/h4-10,13,25H,3,11-12,14H2,1-2H3,(H2,21,22,24). The summed E-state index contributed by atoms with van der Waals surface area (Å²) in [4.78, 5) is 8.55. The highest BCUT2D eigenvalue weighted by Gasteiger charge is 2.22. The summed E-state index contributed by atoms with van der Waals surface area (Å²) < 4.78 is 5.54. The van der Waals surface area contributed by atoms with Crippen LogP contribution in [0.2, 0.25) is 5.02 Å². The van der Waals surface area contributed by atoms with Crippen molar-refractivity contribution in [1.82, 2.24) is 15.6 Å². The zero-order valence-corrected chi connectivity index (χ0v) is 15.8. The molecule has 1 aromatic carbocycles. The fraction of sp³-hybridized carbons (Fsp3) is 0.368. The number of halogens is 1. The lowest BCUT2D eigenvalue weighted by atomic mass is 9.96. The topological polar surface area (TPSA) is 78.8 Å². The van der Waals surface area contributed by atoms with Gasteiger partial charge in [0, 0.05) is 18.8 Å². The van der Waals surface area contributed by atoms with Gasteiger partial charge in [-0.25, -0.2) is 9.98 Å². The summed E-state index contributed by atoms with van der Waals surface area (Å²) in [6, 6.07) is 13.0. The first-order valence-electron chi connectivity index (χ1n) is 8.55. The lowest BCUT2D eigenvalue weighted by Crippen LogP contribution is -2.40. The summed E-state index contributed by atoms with van der Waals surface area (Å²) in [5.41, 5.74) is -0.204. The van der Waals surface area contributed by atoms with Crippen molar-refractivity contribution in [2.24, 2.45) is 4.99 Å². The van der Waals surface area contributed by atoms with Gasteiger partial charge in [-0.2, -0.15) is 0 Å². The van der Waals surface area contributed by atoms with E-state index in [1.165, 1.54) is 0 Å². The highest BCUT2D eigenvalue weighted by Crippen LogP contribution is 2.20. The molecule has 2 aromatic rings. The Morgan fingerprint density at radius 1 is 1.23 bits per heavy atom. The first-order chi connectivity index (χ1) is 12.5. The van der Waals surface area contributed by atoms with E-state index in [1.54, 1.807) is 25.3 Å². The Hall–Kier alpha value is -2.31. The molecule has 0 radical (unpaired) electrons. The number of nitrogens with zero attached hydrogens (tertiary/aromatic N) is 2. The molecule has 2 rings (SSSR count). The van der Waals surface area contributed by atoms with E-state index in [9.17, 15) is 5.11 Å². The van der Waals surface area contributed by atoms with Crippen LogP contribution in [0.25, 0.3) is 0 Å². The van der Waals surface area contributed by atoms with E-state index in [0.717, 1.165) is 12.1 Å². The molecular formula is C19H25ClN4O2. The third-order valence-corrected chi connectivity index (χ3v) is 3.85. The maximum Gasteiger partial charge on any atom is 0.213 e. The summed E-state index contributed by atoms with van der Waals surface area (Å²) in [5, 5.41) is 17.5. The molecule has 0 saturated carbocycles. The lowest BCUT2D eigenvalue weighted by molar-refractivity contribution is 0.0672. The largest absolute Gasteiger partial charge is 0.476 e.